The molecule has 2 fully saturated rings. The van der Waals surface area contributed by atoms with Crippen molar-refractivity contribution in [1.29, 1.82) is 5.26 Å². The average molecular weight is 236 g/mol. The standard InChI is InChI=1S/C14H24N2O/c1-14(11-15)7-9-16(10-8-14)12-5-3-2-4-6-13(12)17/h12-13,17H,2-10H2,1H3. The van der Waals surface area contributed by atoms with Gasteiger partial charge in [0.05, 0.1) is 17.6 Å². The third-order valence-corrected chi connectivity index (χ3v) is 4.58. The van der Waals surface area contributed by atoms with Crippen molar-refractivity contribution in [2.24, 2.45) is 5.41 Å². The molecule has 3 heteroatoms. The van der Waals surface area contributed by atoms with Crippen molar-refractivity contribution >= 4 is 0 Å². The topological polar surface area (TPSA) is 47.3 Å². The van der Waals surface area contributed by atoms with Crippen molar-refractivity contribution in [3.05, 3.63) is 0 Å². The molecule has 1 N–H and O–H groups in total. The minimum absolute atomic E-state index is 0.133. The molecule has 0 radical (unpaired) electrons. The van der Waals surface area contributed by atoms with Gasteiger partial charge in [0.2, 0.25) is 0 Å². The minimum atomic E-state index is -0.149. The summed E-state index contributed by atoms with van der Waals surface area (Å²) in [6, 6.07) is 2.79. The smallest absolute Gasteiger partial charge is 0.0695 e. The number of nitrogens with zero attached hydrogens (tertiary/aromatic N) is 2. The molecule has 0 amide bonds. The van der Waals surface area contributed by atoms with Crippen molar-refractivity contribution in [2.45, 2.75) is 64.0 Å². The van der Waals surface area contributed by atoms with Crippen LogP contribution < -0.4 is 0 Å². The Bertz CT molecular complexity index is 289. The second-order valence-corrected chi connectivity index (χ2v) is 5.98. The zero-order valence-corrected chi connectivity index (χ0v) is 10.9. The van der Waals surface area contributed by atoms with Gasteiger partial charge >= 0.3 is 0 Å². The first-order valence-corrected chi connectivity index (χ1v) is 6.98. The van der Waals surface area contributed by atoms with Gasteiger partial charge in [-0.15, -0.1) is 0 Å². The Kier molecular flexibility index (Phi) is 4.06. The van der Waals surface area contributed by atoms with E-state index in [9.17, 15) is 5.11 Å². The number of nitriles is 1. The molecule has 0 spiro atoms. The molecule has 3 nitrogen and oxygen atoms in total. The van der Waals surface area contributed by atoms with E-state index in [0.29, 0.717) is 6.04 Å². The number of hydrogen-bond acceptors (Lipinski definition) is 3. The fourth-order valence-corrected chi connectivity index (χ4v) is 3.16. The molecule has 1 aliphatic heterocycles. The van der Waals surface area contributed by atoms with Crippen LogP contribution in [0.3, 0.4) is 0 Å². The summed E-state index contributed by atoms with van der Waals surface area (Å²) in [7, 11) is 0. The van der Waals surface area contributed by atoms with Crippen LogP contribution in [0.2, 0.25) is 0 Å². The van der Waals surface area contributed by atoms with Crippen LogP contribution in [0.5, 0.6) is 0 Å². The maximum atomic E-state index is 10.2. The summed E-state index contributed by atoms with van der Waals surface area (Å²) in [6.45, 7) is 4.02. The van der Waals surface area contributed by atoms with E-state index < -0.39 is 0 Å². The molecule has 2 unspecified atom stereocenters. The first-order chi connectivity index (χ1) is 8.14. The van der Waals surface area contributed by atoms with Gasteiger partial charge in [0.1, 0.15) is 0 Å². The van der Waals surface area contributed by atoms with E-state index in [1.54, 1.807) is 0 Å². The molecule has 0 aromatic rings. The summed E-state index contributed by atoms with van der Waals surface area (Å²) in [5.41, 5.74) is -0.133. The zero-order valence-electron chi connectivity index (χ0n) is 10.9. The summed E-state index contributed by atoms with van der Waals surface area (Å²) >= 11 is 0. The van der Waals surface area contributed by atoms with Crippen molar-refractivity contribution < 1.29 is 5.11 Å². The highest BCUT2D eigenvalue weighted by molar-refractivity contribution is 5.00. The largest absolute Gasteiger partial charge is 0.391 e. The minimum Gasteiger partial charge on any atom is -0.391 e. The lowest BCUT2D eigenvalue weighted by atomic mass is 9.81. The molecule has 0 aromatic carbocycles. The molecule has 2 rings (SSSR count). The van der Waals surface area contributed by atoms with Gasteiger partial charge in [0.25, 0.3) is 0 Å². The summed E-state index contributed by atoms with van der Waals surface area (Å²) in [6.07, 6.45) is 7.51. The van der Waals surface area contributed by atoms with E-state index in [-0.39, 0.29) is 11.5 Å². The first kappa shape index (κ1) is 12.9. The van der Waals surface area contributed by atoms with E-state index in [1.807, 2.05) is 0 Å². The maximum absolute atomic E-state index is 10.2. The van der Waals surface area contributed by atoms with Crippen LogP contribution in [0.15, 0.2) is 0 Å². The van der Waals surface area contributed by atoms with Crippen LogP contribution in [0.1, 0.15) is 51.9 Å². The molecule has 2 aliphatic rings. The monoisotopic (exact) mass is 236 g/mol. The zero-order chi connectivity index (χ0) is 12.3. The Morgan fingerprint density at radius 1 is 1.18 bits per heavy atom. The van der Waals surface area contributed by atoms with Crippen molar-refractivity contribution in [1.82, 2.24) is 4.90 Å². The van der Waals surface area contributed by atoms with Gasteiger partial charge in [0, 0.05) is 19.1 Å². The summed E-state index contributed by atoms with van der Waals surface area (Å²) in [5.74, 6) is 0. The lowest BCUT2D eigenvalue weighted by Gasteiger charge is -2.41. The predicted molar refractivity (Wildman–Crippen MR) is 67.4 cm³/mol. The second-order valence-electron chi connectivity index (χ2n) is 5.98. The van der Waals surface area contributed by atoms with E-state index in [4.69, 9.17) is 5.26 Å². The molecular formula is C14H24N2O. The number of aliphatic hydroxyl groups is 1. The van der Waals surface area contributed by atoms with Crippen molar-refractivity contribution in [2.75, 3.05) is 13.1 Å². The Morgan fingerprint density at radius 2 is 1.82 bits per heavy atom. The summed E-state index contributed by atoms with van der Waals surface area (Å²) in [5, 5.41) is 19.3. The third kappa shape index (κ3) is 3.00. The fraction of sp³-hybridized carbons (Fsp3) is 0.929. The Balaban J connectivity index is 1.93. The van der Waals surface area contributed by atoms with Gasteiger partial charge in [0.15, 0.2) is 0 Å². The van der Waals surface area contributed by atoms with Gasteiger partial charge in [-0.1, -0.05) is 19.3 Å². The maximum Gasteiger partial charge on any atom is 0.0695 e. The summed E-state index contributed by atoms with van der Waals surface area (Å²) < 4.78 is 0. The highest BCUT2D eigenvalue weighted by Gasteiger charge is 2.35. The Hall–Kier alpha value is -0.590. The number of piperidine rings is 1. The van der Waals surface area contributed by atoms with Crippen LogP contribution in [0, 0.1) is 16.7 Å². The Labute approximate surface area is 104 Å². The number of hydrogen-bond donors (Lipinski definition) is 1. The van der Waals surface area contributed by atoms with Crippen LogP contribution in [-0.4, -0.2) is 35.2 Å². The number of likely N-dealkylation sites (tertiary alicyclic amines) is 1. The van der Waals surface area contributed by atoms with Gasteiger partial charge in [-0.25, -0.2) is 0 Å². The van der Waals surface area contributed by atoms with Crippen LogP contribution in [0.4, 0.5) is 0 Å². The molecule has 1 heterocycles. The molecule has 0 bridgehead atoms. The van der Waals surface area contributed by atoms with E-state index in [1.165, 1.54) is 19.3 Å². The van der Waals surface area contributed by atoms with E-state index >= 15 is 0 Å². The van der Waals surface area contributed by atoms with Gasteiger partial charge in [-0.2, -0.15) is 5.26 Å². The number of aliphatic hydroxyl groups excluding tert-OH is 1. The highest BCUT2D eigenvalue weighted by Crippen LogP contribution is 2.33. The van der Waals surface area contributed by atoms with Crippen molar-refractivity contribution in [3.8, 4) is 6.07 Å². The molecule has 1 saturated carbocycles. The normalized spacial score (nSPS) is 34.9. The van der Waals surface area contributed by atoms with Gasteiger partial charge < -0.3 is 5.11 Å². The molecular weight excluding hydrogens is 212 g/mol. The molecule has 1 aliphatic carbocycles. The fourth-order valence-electron chi connectivity index (χ4n) is 3.16. The van der Waals surface area contributed by atoms with E-state index in [0.717, 1.165) is 38.8 Å². The highest BCUT2D eigenvalue weighted by atomic mass is 16.3. The average Bonchev–Trinajstić information content (AvgIpc) is 2.55. The molecule has 96 valence electrons. The van der Waals surface area contributed by atoms with Gasteiger partial charge in [-0.3, -0.25) is 4.90 Å². The number of rotatable bonds is 1. The molecule has 2 atom stereocenters. The molecule has 17 heavy (non-hydrogen) atoms. The summed E-state index contributed by atoms with van der Waals surface area (Å²) in [4.78, 5) is 2.43. The SMILES string of the molecule is CC1(C#N)CCN(C2CCCCCC2O)CC1. The van der Waals surface area contributed by atoms with E-state index in [2.05, 4.69) is 17.9 Å². The van der Waals surface area contributed by atoms with Gasteiger partial charge in [-0.05, 0) is 32.6 Å². The first-order valence-electron chi connectivity index (χ1n) is 6.98. The molecule has 0 aromatic heterocycles. The molecule has 1 saturated heterocycles. The van der Waals surface area contributed by atoms with Crippen LogP contribution >= 0.6 is 0 Å². The van der Waals surface area contributed by atoms with Crippen molar-refractivity contribution in [3.63, 3.8) is 0 Å². The lowest BCUT2D eigenvalue weighted by Crippen LogP contribution is -2.48. The Morgan fingerprint density at radius 3 is 2.47 bits per heavy atom. The third-order valence-electron chi connectivity index (χ3n) is 4.58. The van der Waals surface area contributed by atoms with Crippen LogP contribution in [0.25, 0.3) is 0 Å². The second kappa shape index (κ2) is 5.37. The quantitative estimate of drug-likeness (QED) is 0.711. The van der Waals surface area contributed by atoms with Crippen LogP contribution in [-0.2, 0) is 0 Å². The predicted octanol–water partition coefficient (Wildman–Crippen LogP) is 2.31. The lowest BCUT2D eigenvalue weighted by molar-refractivity contribution is 0.0186.